The fourth-order valence-electron chi connectivity index (χ4n) is 1.70. The van der Waals surface area contributed by atoms with Crippen LogP contribution < -0.4 is 5.32 Å². The van der Waals surface area contributed by atoms with Crippen LogP contribution in [0.15, 0.2) is 24.3 Å². The van der Waals surface area contributed by atoms with Gasteiger partial charge in [0.05, 0.1) is 13.2 Å². The Kier molecular flexibility index (Phi) is 6.18. The minimum Gasteiger partial charge on any atom is -0.395 e. The zero-order valence-electron chi connectivity index (χ0n) is 10.6. The first-order valence-corrected chi connectivity index (χ1v) is 6.08. The second-order valence-electron chi connectivity index (χ2n) is 3.88. The molecule has 5 heteroatoms. The van der Waals surface area contributed by atoms with Crippen LogP contribution in [0.4, 0.5) is 10.5 Å². The van der Waals surface area contributed by atoms with Crippen LogP contribution in [-0.2, 0) is 6.42 Å². The number of nitrogens with one attached hydrogen (secondary N) is 1. The van der Waals surface area contributed by atoms with Gasteiger partial charge in [0.2, 0.25) is 0 Å². The number of hydrogen-bond donors (Lipinski definition) is 3. The van der Waals surface area contributed by atoms with Crippen molar-refractivity contribution in [3.05, 3.63) is 29.8 Å². The van der Waals surface area contributed by atoms with Crippen molar-refractivity contribution in [3.63, 3.8) is 0 Å². The molecule has 0 saturated heterocycles. The molecular weight excluding hydrogens is 232 g/mol. The van der Waals surface area contributed by atoms with Gasteiger partial charge >= 0.3 is 6.03 Å². The lowest BCUT2D eigenvalue weighted by Crippen LogP contribution is -2.39. The number of carbonyl (C=O) groups excluding carboxylic acids is 1. The van der Waals surface area contributed by atoms with E-state index in [1.165, 1.54) is 4.90 Å². The van der Waals surface area contributed by atoms with Gasteiger partial charge in [0.1, 0.15) is 0 Å². The van der Waals surface area contributed by atoms with Crippen LogP contribution in [0.2, 0.25) is 0 Å². The van der Waals surface area contributed by atoms with Gasteiger partial charge in [-0.1, -0.05) is 25.1 Å². The van der Waals surface area contributed by atoms with Crippen LogP contribution in [0.1, 0.15) is 12.5 Å². The Morgan fingerprint density at radius 3 is 2.39 bits per heavy atom. The number of carbonyl (C=O) groups is 1. The predicted octanol–water partition coefficient (Wildman–Crippen LogP) is 1.07. The Morgan fingerprint density at radius 2 is 1.83 bits per heavy atom. The molecule has 2 amide bonds. The summed E-state index contributed by atoms with van der Waals surface area (Å²) in [5, 5.41) is 20.5. The van der Waals surface area contributed by atoms with Crippen molar-refractivity contribution in [2.45, 2.75) is 13.3 Å². The zero-order chi connectivity index (χ0) is 13.4. The Bertz CT molecular complexity index is 376. The molecule has 0 aliphatic rings. The third kappa shape index (κ3) is 4.01. The highest BCUT2D eigenvalue weighted by Gasteiger charge is 2.13. The van der Waals surface area contributed by atoms with Gasteiger partial charge in [0, 0.05) is 18.8 Å². The molecule has 0 heterocycles. The quantitative estimate of drug-likeness (QED) is 0.709. The molecule has 100 valence electrons. The van der Waals surface area contributed by atoms with Crippen LogP contribution in [0, 0.1) is 0 Å². The maximum Gasteiger partial charge on any atom is 0.322 e. The van der Waals surface area contributed by atoms with Gasteiger partial charge in [-0.15, -0.1) is 0 Å². The predicted molar refractivity (Wildman–Crippen MR) is 70.6 cm³/mol. The summed E-state index contributed by atoms with van der Waals surface area (Å²) in [6.07, 6.45) is 0.830. The van der Waals surface area contributed by atoms with Gasteiger partial charge in [-0.25, -0.2) is 4.79 Å². The fraction of sp³-hybridized carbons (Fsp3) is 0.462. The van der Waals surface area contributed by atoms with Gasteiger partial charge in [-0.3, -0.25) is 0 Å². The average Bonchev–Trinajstić information content (AvgIpc) is 2.39. The molecule has 0 spiro atoms. The monoisotopic (exact) mass is 252 g/mol. The topological polar surface area (TPSA) is 72.8 Å². The molecule has 0 radical (unpaired) electrons. The summed E-state index contributed by atoms with van der Waals surface area (Å²) in [4.78, 5) is 13.3. The molecule has 1 aromatic rings. The molecular formula is C13H20N2O3. The number of aliphatic hydroxyl groups is 2. The van der Waals surface area contributed by atoms with E-state index in [0.29, 0.717) is 0 Å². The average molecular weight is 252 g/mol. The summed E-state index contributed by atoms with van der Waals surface area (Å²) in [5.74, 6) is 0. The maximum atomic E-state index is 12.0. The number of amides is 2. The van der Waals surface area contributed by atoms with Crippen molar-refractivity contribution in [2.75, 3.05) is 31.6 Å². The number of anilines is 1. The van der Waals surface area contributed by atoms with E-state index in [0.717, 1.165) is 17.7 Å². The van der Waals surface area contributed by atoms with E-state index in [-0.39, 0.29) is 32.3 Å². The highest BCUT2D eigenvalue weighted by Crippen LogP contribution is 2.15. The number of benzene rings is 1. The number of urea groups is 1. The van der Waals surface area contributed by atoms with Gasteiger partial charge < -0.3 is 20.4 Å². The third-order valence-corrected chi connectivity index (χ3v) is 2.67. The lowest BCUT2D eigenvalue weighted by molar-refractivity contribution is 0.167. The van der Waals surface area contributed by atoms with E-state index in [1.54, 1.807) is 0 Å². The first-order valence-electron chi connectivity index (χ1n) is 6.08. The van der Waals surface area contributed by atoms with Crippen molar-refractivity contribution >= 4 is 11.7 Å². The van der Waals surface area contributed by atoms with Crippen molar-refractivity contribution in [1.82, 2.24) is 4.90 Å². The Hall–Kier alpha value is -1.59. The fourth-order valence-corrected chi connectivity index (χ4v) is 1.70. The van der Waals surface area contributed by atoms with E-state index in [9.17, 15) is 4.79 Å². The molecule has 0 bridgehead atoms. The summed E-state index contributed by atoms with van der Waals surface area (Å²) >= 11 is 0. The molecule has 18 heavy (non-hydrogen) atoms. The maximum absolute atomic E-state index is 12.0. The molecule has 1 aromatic carbocycles. The van der Waals surface area contributed by atoms with Gasteiger partial charge in [-0.05, 0) is 18.1 Å². The van der Waals surface area contributed by atoms with Crippen molar-refractivity contribution in [3.8, 4) is 0 Å². The molecule has 0 aliphatic heterocycles. The SMILES string of the molecule is CCc1ccccc1NC(=O)N(CCO)CCO. The molecule has 0 unspecified atom stereocenters. The normalized spacial score (nSPS) is 10.2. The summed E-state index contributed by atoms with van der Waals surface area (Å²) in [5.41, 5.74) is 1.82. The Labute approximate surface area is 107 Å². The molecule has 1 rings (SSSR count). The minimum absolute atomic E-state index is 0.122. The highest BCUT2D eigenvalue weighted by molar-refractivity contribution is 5.90. The Morgan fingerprint density at radius 1 is 1.22 bits per heavy atom. The molecule has 3 N–H and O–H groups in total. The number of nitrogens with zero attached hydrogens (tertiary/aromatic N) is 1. The number of aliphatic hydroxyl groups excluding tert-OH is 2. The molecule has 0 aliphatic carbocycles. The lowest BCUT2D eigenvalue weighted by atomic mass is 10.1. The number of para-hydroxylation sites is 1. The van der Waals surface area contributed by atoms with Crippen molar-refractivity contribution in [1.29, 1.82) is 0 Å². The smallest absolute Gasteiger partial charge is 0.322 e. The summed E-state index contributed by atoms with van der Waals surface area (Å²) in [7, 11) is 0. The number of rotatable bonds is 6. The van der Waals surface area contributed by atoms with E-state index < -0.39 is 0 Å². The molecule has 0 saturated carbocycles. The van der Waals surface area contributed by atoms with Gasteiger partial charge in [0.25, 0.3) is 0 Å². The van der Waals surface area contributed by atoms with E-state index in [2.05, 4.69) is 5.32 Å². The van der Waals surface area contributed by atoms with Crippen molar-refractivity contribution < 1.29 is 15.0 Å². The third-order valence-electron chi connectivity index (χ3n) is 2.67. The largest absolute Gasteiger partial charge is 0.395 e. The van der Waals surface area contributed by atoms with Crippen LogP contribution >= 0.6 is 0 Å². The molecule has 0 aromatic heterocycles. The molecule has 5 nitrogen and oxygen atoms in total. The summed E-state index contributed by atoms with van der Waals surface area (Å²) < 4.78 is 0. The van der Waals surface area contributed by atoms with Gasteiger partial charge in [0.15, 0.2) is 0 Å². The second kappa shape index (κ2) is 7.68. The van der Waals surface area contributed by atoms with Gasteiger partial charge in [-0.2, -0.15) is 0 Å². The van der Waals surface area contributed by atoms with E-state index in [1.807, 2.05) is 31.2 Å². The molecule has 0 atom stereocenters. The number of hydrogen-bond acceptors (Lipinski definition) is 3. The van der Waals surface area contributed by atoms with Crippen molar-refractivity contribution in [2.24, 2.45) is 0 Å². The summed E-state index contributed by atoms with van der Waals surface area (Å²) in [6.45, 7) is 2.19. The lowest BCUT2D eigenvalue weighted by Gasteiger charge is -2.21. The van der Waals surface area contributed by atoms with E-state index in [4.69, 9.17) is 10.2 Å². The second-order valence-corrected chi connectivity index (χ2v) is 3.88. The standard InChI is InChI=1S/C13H20N2O3/c1-2-11-5-3-4-6-12(11)14-13(18)15(7-9-16)8-10-17/h3-6,16-17H,2,7-10H2,1H3,(H,14,18). The minimum atomic E-state index is -0.306. The van der Waals surface area contributed by atoms with E-state index >= 15 is 0 Å². The summed E-state index contributed by atoms with van der Waals surface area (Å²) in [6, 6.07) is 7.27. The number of aryl methyl sites for hydroxylation is 1. The first kappa shape index (κ1) is 14.5. The van der Waals surface area contributed by atoms with Crippen LogP contribution in [0.25, 0.3) is 0 Å². The first-order chi connectivity index (χ1) is 8.72. The Balaban J connectivity index is 2.72. The molecule has 0 fully saturated rings. The van der Waals surface area contributed by atoms with Crippen LogP contribution in [0.5, 0.6) is 0 Å². The van der Waals surface area contributed by atoms with Crippen LogP contribution in [-0.4, -0.2) is 47.4 Å². The van der Waals surface area contributed by atoms with Crippen LogP contribution in [0.3, 0.4) is 0 Å². The highest BCUT2D eigenvalue weighted by atomic mass is 16.3. The zero-order valence-corrected chi connectivity index (χ0v) is 10.6.